The van der Waals surface area contributed by atoms with Gasteiger partial charge in [0.2, 0.25) is 5.13 Å². The standard InChI is InChI=1S/C17H15N3O2S/c1-11-8-9-13(10-14(11)22-2)15(21)18-17-20-19-16(23-17)12-6-4-3-5-7-12/h3-10H,1-2H3,(H,18,20,21). The number of aryl methyl sites for hydroxylation is 1. The number of hydrogen-bond donors (Lipinski definition) is 1. The monoisotopic (exact) mass is 325 g/mol. The zero-order chi connectivity index (χ0) is 16.2. The lowest BCUT2D eigenvalue weighted by atomic mass is 10.1. The fraction of sp³-hybridized carbons (Fsp3) is 0.118. The molecule has 0 bridgehead atoms. The van der Waals surface area contributed by atoms with Gasteiger partial charge in [-0.1, -0.05) is 47.7 Å². The van der Waals surface area contributed by atoms with E-state index in [9.17, 15) is 4.79 Å². The number of nitrogens with zero attached hydrogens (tertiary/aromatic N) is 2. The van der Waals surface area contributed by atoms with Crippen LogP contribution < -0.4 is 10.1 Å². The first-order valence-electron chi connectivity index (χ1n) is 7.02. The third-order valence-corrected chi connectivity index (χ3v) is 4.22. The summed E-state index contributed by atoms with van der Waals surface area (Å²) >= 11 is 1.34. The van der Waals surface area contributed by atoms with Gasteiger partial charge >= 0.3 is 0 Å². The molecule has 0 spiro atoms. The van der Waals surface area contributed by atoms with Crippen LogP contribution in [0, 0.1) is 6.92 Å². The highest BCUT2D eigenvalue weighted by Crippen LogP contribution is 2.26. The fourth-order valence-corrected chi connectivity index (χ4v) is 2.85. The maximum Gasteiger partial charge on any atom is 0.257 e. The Labute approximate surface area is 138 Å². The smallest absolute Gasteiger partial charge is 0.257 e. The quantitative estimate of drug-likeness (QED) is 0.793. The summed E-state index contributed by atoms with van der Waals surface area (Å²) in [5, 5.41) is 12.1. The molecule has 0 saturated carbocycles. The van der Waals surface area contributed by atoms with Crippen LogP contribution in [0.25, 0.3) is 10.6 Å². The summed E-state index contributed by atoms with van der Waals surface area (Å²) in [7, 11) is 1.58. The number of methoxy groups -OCH3 is 1. The Morgan fingerprint density at radius 2 is 1.91 bits per heavy atom. The van der Waals surface area contributed by atoms with Gasteiger partial charge in [0.25, 0.3) is 5.91 Å². The minimum atomic E-state index is -0.237. The van der Waals surface area contributed by atoms with Crippen molar-refractivity contribution >= 4 is 22.4 Å². The molecular weight excluding hydrogens is 310 g/mol. The van der Waals surface area contributed by atoms with Crippen molar-refractivity contribution in [3.8, 4) is 16.3 Å². The number of hydrogen-bond acceptors (Lipinski definition) is 5. The average Bonchev–Trinajstić information content (AvgIpc) is 3.04. The van der Waals surface area contributed by atoms with E-state index in [2.05, 4.69) is 15.5 Å². The molecular formula is C17H15N3O2S. The average molecular weight is 325 g/mol. The van der Waals surface area contributed by atoms with Crippen LogP contribution in [0.2, 0.25) is 0 Å². The molecule has 23 heavy (non-hydrogen) atoms. The predicted molar refractivity (Wildman–Crippen MR) is 91.0 cm³/mol. The van der Waals surface area contributed by atoms with E-state index in [1.807, 2.05) is 43.3 Å². The Morgan fingerprint density at radius 1 is 1.13 bits per heavy atom. The van der Waals surface area contributed by atoms with Crippen LogP contribution in [-0.4, -0.2) is 23.2 Å². The van der Waals surface area contributed by atoms with Gasteiger partial charge in [0, 0.05) is 11.1 Å². The summed E-state index contributed by atoms with van der Waals surface area (Å²) in [6.45, 7) is 1.93. The van der Waals surface area contributed by atoms with Gasteiger partial charge in [0.1, 0.15) is 10.8 Å². The molecule has 0 saturated heterocycles. The number of aromatic nitrogens is 2. The van der Waals surface area contributed by atoms with Gasteiger partial charge in [-0.2, -0.15) is 0 Å². The van der Waals surface area contributed by atoms with Gasteiger partial charge in [-0.05, 0) is 24.6 Å². The van der Waals surface area contributed by atoms with Crippen LogP contribution in [0.4, 0.5) is 5.13 Å². The Kier molecular flexibility index (Phi) is 4.34. The van der Waals surface area contributed by atoms with Gasteiger partial charge in [-0.15, -0.1) is 10.2 Å². The van der Waals surface area contributed by atoms with Crippen molar-refractivity contribution in [3.63, 3.8) is 0 Å². The molecule has 0 atom stereocenters. The molecule has 1 amide bonds. The highest BCUT2D eigenvalue weighted by atomic mass is 32.1. The second-order valence-electron chi connectivity index (χ2n) is 4.92. The SMILES string of the molecule is COc1cc(C(=O)Nc2nnc(-c3ccccc3)s2)ccc1C. The summed E-state index contributed by atoms with van der Waals surface area (Å²) in [4.78, 5) is 12.3. The Bertz CT molecular complexity index is 831. The summed E-state index contributed by atoms with van der Waals surface area (Å²) < 4.78 is 5.24. The van der Waals surface area contributed by atoms with Gasteiger partial charge in [0.05, 0.1) is 7.11 Å². The molecule has 0 fully saturated rings. The Hall–Kier alpha value is -2.73. The number of ether oxygens (including phenoxy) is 1. The fourth-order valence-electron chi connectivity index (χ4n) is 2.10. The third kappa shape index (κ3) is 3.37. The highest BCUT2D eigenvalue weighted by molar-refractivity contribution is 7.18. The van der Waals surface area contributed by atoms with Crippen molar-refractivity contribution in [1.82, 2.24) is 10.2 Å². The van der Waals surface area contributed by atoms with Crippen LogP contribution in [0.3, 0.4) is 0 Å². The van der Waals surface area contributed by atoms with Gasteiger partial charge in [-0.3, -0.25) is 10.1 Å². The van der Waals surface area contributed by atoms with Crippen molar-refractivity contribution in [2.45, 2.75) is 6.92 Å². The maximum absolute atomic E-state index is 12.3. The molecule has 1 aromatic heterocycles. The van der Waals surface area contributed by atoms with Crippen LogP contribution in [0.15, 0.2) is 48.5 Å². The lowest BCUT2D eigenvalue weighted by Gasteiger charge is -2.07. The number of amides is 1. The number of benzene rings is 2. The van der Waals surface area contributed by atoms with E-state index in [0.29, 0.717) is 16.4 Å². The van der Waals surface area contributed by atoms with Crippen molar-refractivity contribution in [3.05, 3.63) is 59.7 Å². The first kappa shape index (κ1) is 15.2. The van der Waals surface area contributed by atoms with Gasteiger partial charge in [-0.25, -0.2) is 0 Å². The molecule has 0 unspecified atom stereocenters. The molecule has 1 heterocycles. The second kappa shape index (κ2) is 6.58. The van der Waals surface area contributed by atoms with Crippen molar-refractivity contribution < 1.29 is 9.53 Å². The van der Waals surface area contributed by atoms with E-state index >= 15 is 0 Å². The normalized spacial score (nSPS) is 10.3. The zero-order valence-corrected chi connectivity index (χ0v) is 13.6. The van der Waals surface area contributed by atoms with E-state index in [0.717, 1.165) is 16.1 Å². The van der Waals surface area contributed by atoms with E-state index in [4.69, 9.17) is 4.74 Å². The van der Waals surface area contributed by atoms with Gasteiger partial charge in [0.15, 0.2) is 0 Å². The summed E-state index contributed by atoms with van der Waals surface area (Å²) in [5.74, 6) is 0.443. The molecule has 1 N–H and O–H groups in total. The van der Waals surface area contributed by atoms with Crippen LogP contribution >= 0.6 is 11.3 Å². The first-order valence-corrected chi connectivity index (χ1v) is 7.84. The lowest BCUT2D eigenvalue weighted by molar-refractivity contribution is 0.102. The minimum Gasteiger partial charge on any atom is -0.496 e. The lowest BCUT2D eigenvalue weighted by Crippen LogP contribution is -2.12. The summed E-state index contributed by atoms with van der Waals surface area (Å²) in [6.07, 6.45) is 0. The molecule has 2 aromatic carbocycles. The van der Waals surface area contributed by atoms with E-state index in [-0.39, 0.29) is 5.91 Å². The molecule has 0 aliphatic carbocycles. The minimum absolute atomic E-state index is 0.237. The topological polar surface area (TPSA) is 64.1 Å². The van der Waals surface area contributed by atoms with Crippen molar-refractivity contribution in [2.75, 3.05) is 12.4 Å². The number of carbonyl (C=O) groups excluding carboxylic acids is 1. The van der Waals surface area contributed by atoms with E-state index in [1.165, 1.54) is 11.3 Å². The molecule has 3 aromatic rings. The maximum atomic E-state index is 12.3. The Balaban J connectivity index is 1.77. The van der Waals surface area contributed by atoms with Crippen LogP contribution in [0.5, 0.6) is 5.75 Å². The number of rotatable bonds is 4. The summed E-state index contributed by atoms with van der Waals surface area (Å²) in [6, 6.07) is 15.0. The molecule has 116 valence electrons. The zero-order valence-electron chi connectivity index (χ0n) is 12.7. The number of carbonyl (C=O) groups is 1. The number of anilines is 1. The first-order chi connectivity index (χ1) is 11.2. The van der Waals surface area contributed by atoms with E-state index in [1.54, 1.807) is 19.2 Å². The molecule has 5 nitrogen and oxygen atoms in total. The van der Waals surface area contributed by atoms with Crippen molar-refractivity contribution in [2.24, 2.45) is 0 Å². The molecule has 0 aliphatic heterocycles. The largest absolute Gasteiger partial charge is 0.496 e. The third-order valence-electron chi connectivity index (χ3n) is 3.34. The van der Waals surface area contributed by atoms with Crippen LogP contribution in [-0.2, 0) is 0 Å². The van der Waals surface area contributed by atoms with Crippen molar-refractivity contribution in [1.29, 1.82) is 0 Å². The molecule has 0 radical (unpaired) electrons. The van der Waals surface area contributed by atoms with Gasteiger partial charge < -0.3 is 4.74 Å². The molecule has 3 rings (SSSR count). The van der Waals surface area contributed by atoms with E-state index < -0.39 is 0 Å². The second-order valence-corrected chi connectivity index (χ2v) is 5.89. The molecule has 6 heteroatoms. The van der Waals surface area contributed by atoms with Crippen LogP contribution in [0.1, 0.15) is 15.9 Å². The number of nitrogens with one attached hydrogen (secondary N) is 1. The predicted octanol–water partition coefficient (Wildman–Crippen LogP) is 3.77. The highest BCUT2D eigenvalue weighted by Gasteiger charge is 2.12. The Morgan fingerprint density at radius 3 is 2.65 bits per heavy atom. The molecule has 0 aliphatic rings. The summed E-state index contributed by atoms with van der Waals surface area (Å²) in [5.41, 5.74) is 2.47.